The van der Waals surface area contributed by atoms with E-state index in [1.807, 2.05) is 0 Å². The average Bonchev–Trinajstić information content (AvgIpc) is 2.15. The molecule has 0 aromatic heterocycles. The maximum Gasteiger partial charge on any atom is 0.455 e. The van der Waals surface area contributed by atoms with Gasteiger partial charge < -0.3 is 4.74 Å². The monoisotopic (exact) mass is 232 g/mol. The largest absolute Gasteiger partial charge is 0.455 e. The van der Waals surface area contributed by atoms with Crippen LogP contribution in [0, 0.1) is 0 Å². The molecule has 0 amide bonds. The van der Waals surface area contributed by atoms with Gasteiger partial charge in [0.25, 0.3) is 5.78 Å². The Morgan fingerprint density at radius 1 is 1.19 bits per heavy atom. The lowest BCUT2D eigenvalue weighted by Crippen LogP contribution is -2.23. The molecule has 0 saturated carbocycles. The number of ether oxygens (including phenoxy) is 1. The first-order valence-corrected chi connectivity index (χ1v) is 4.21. The van der Waals surface area contributed by atoms with Crippen LogP contribution in [0.25, 0.3) is 0 Å². The smallest absolute Gasteiger partial charge is 0.426 e. The van der Waals surface area contributed by atoms with Crippen LogP contribution in [0.4, 0.5) is 13.2 Å². The van der Waals surface area contributed by atoms with E-state index in [1.54, 1.807) is 0 Å². The molecule has 0 saturated heterocycles. The number of benzene rings is 1. The highest BCUT2D eigenvalue weighted by Gasteiger charge is 2.40. The fourth-order valence-corrected chi connectivity index (χ4v) is 1.05. The second-order valence-corrected chi connectivity index (χ2v) is 2.92. The van der Waals surface area contributed by atoms with Gasteiger partial charge in [0.15, 0.2) is 0 Å². The molecule has 3 nitrogen and oxygen atoms in total. The van der Waals surface area contributed by atoms with Gasteiger partial charge in [-0.3, -0.25) is 9.59 Å². The van der Waals surface area contributed by atoms with Gasteiger partial charge in [-0.1, -0.05) is 12.1 Å². The molecule has 0 atom stereocenters. The third kappa shape index (κ3) is 2.82. The van der Waals surface area contributed by atoms with E-state index in [0.717, 1.165) is 19.1 Å². The minimum absolute atomic E-state index is 0.391. The standard InChI is InChI=1S/C10H7F3O3/c1-6(14)16-8-5-3-2-4-7(8)9(15)10(11,12)13/h2-5H,1H3. The Morgan fingerprint density at radius 3 is 2.25 bits per heavy atom. The molecule has 0 aliphatic heterocycles. The highest BCUT2D eigenvalue weighted by atomic mass is 19.4. The summed E-state index contributed by atoms with van der Waals surface area (Å²) >= 11 is 0. The number of Topliss-reactive ketones (excluding diaryl/α,β-unsaturated/α-hetero) is 1. The van der Waals surface area contributed by atoms with Crippen LogP contribution in [0.3, 0.4) is 0 Å². The number of carbonyl (C=O) groups excluding carboxylic acids is 2. The van der Waals surface area contributed by atoms with Crippen molar-refractivity contribution in [2.75, 3.05) is 0 Å². The Kier molecular flexibility index (Phi) is 3.31. The molecule has 1 aromatic carbocycles. The van der Waals surface area contributed by atoms with Gasteiger partial charge in [-0.15, -0.1) is 0 Å². The van der Waals surface area contributed by atoms with Crippen LogP contribution in [0.15, 0.2) is 24.3 Å². The summed E-state index contributed by atoms with van der Waals surface area (Å²) < 4.78 is 41.0. The highest BCUT2D eigenvalue weighted by Crippen LogP contribution is 2.27. The summed E-state index contributed by atoms with van der Waals surface area (Å²) in [4.78, 5) is 21.6. The number of rotatable bonds is 2. The number of hydrogen-bond donors (Lipinski definition) is 0. The molecule has 0 fully saturated rings. The van der Waals surface area contributed by atoms with Gasteiger partial charge in [0, 0.05) is 6.92 Å². The Morgan fingerprint density at radius 2 is 1.75 bits per heavy atom. The van der Waals surface area contributed by atoms with Crippen LogP contribution in [0.1, 0.15) is 17.3 Å². The van der Waals surface area contributed by atoms with Crippen molar-refractivity contribution in [1.29, 1.82) is 0 Å². The Hall–Kier alpha value is -1.85. The minimum Gasteiger partial charge on any atom is -0.426 e. The topological polar surface area (TPSA) is 43.4 Å². The van der Waals surface area contributed by atoms with Crippen LogP contribution in [-0.2, 0) is 4.79 Å². The maximum absolute atomic E-state index is 12.2. The first kappa shape index (κ1) is 12.2. The zero-order valence-corrected chi connectivity index (χ0v) is 8.17. The summed E-state index contributed by atoms with van der Waals surface area (Å²) in [6.45, 7) is 1.04. The molecule has 0 bridgehead atoms. The third-order valence-corrected chi connectivity index (χ3v) is 1.64. The van der Waals surface area contributed by atoms with Crippen molar-refractivity contribution in [3.63, 3.8) is 0 Å². The summed E-state index contributed by atoms with van der Waals surface area (Å²) in [6, 6.07) is 4.70. The van der Waals surface area contributed by atoms with E-state index in [9.17, 15) is 22.8 Å². The molecular weight excluding hydrogens is 225 g/mol. The lowest BCUT2D eigenvalue weighted by molar-refractivity contribution is -0.132. The van der Waals surface area contributed by atoms with Crippen molar-refractivity contribution in [3.05, 3.63) is 29.8 Å². The average molecular weight is 232 g/mol. The summed E-state index contributed by atoms with van der Waals surface area (Å²) in [5.74, 6) is -3.22. The van der Waals surface area contributed by atoms with Crippen molar-refractivity contribution >= 4 is 11.8 Å². The van der Waals surface area contributed by atoms with E-state index >= 15 is 0 Å². The number of alkyl halides is 3. The second kappa shape index (κ2) is 4.34. The van der Waals surface area contributed by atoms with Crippen LogP contribution in [-0.4, -0.2) is 17.9 Å². The SMILES string of the molecule is CC(=O)Oc1ccccc1C(=O)C(F)(F)F. The van der Waals surface area contributed by atoms with Crippen LogP contribution in [0.2, 0.25) is 0 Å². The number of ketones is 1. The molecule has 0 heterocycles. The molecule has 0 aliphatic carbocycles. The molecular formula is C10H7F3O3. The van der Waals surface area contributed by atoms with E-state index in [0.29, 0.717) is 0 Å². The highest BCUT2D eigenvalue weighted by molar-refractivity contribution is 6.02. The summed E-state index contributed by atoms with van der Waals surface area (Å²) in [5.41, 5.74) is -0.676. The summed E-state index contributed by atoms with van der Waals surface area (Å²) in [5, 5.41) is 0. The zero-order chi connectivity index (χ0) is 12.3. The normalized spacial score (nSPS) is 11.0. The van der Waals surface area contributed by atoms with Crippen molar-refractivity contribution < 1.29 is 27.5 Å². The molecule has 86 valence electrons. The number of carbonyl (C=O) groups is 2. The molecule has 1 rings (SSSR count). The van der Waals surface area contributed by atoms with Crippen molar-refractivity contribution in [1.82, 2.24) is 0 Å². The van der Waals surface area contributed by atoms with Gasteiger partial charge >= 0.3 is 12.1 Å². The van der Waals surface area contributed by atoms with E-state index < -0.39 is 29.2 Å². The van der Waals surface area contributed by atoms with Gasteiger partial charge in [0.1, 0.15) is 5.75 Å². The number of para-hydroxylation sites is 1. The third-order valence-electron chi connectivity index (χ3n) is 1.64. The first-order chi connectivity index (χ1) is 7.32. The van der Waals surface area contributed by atoms with Crippen molar-refractivity contribution in [2.24, 2.45) is 0 Å². The second-order valence-electron chi connectivity index (χ2n) is 2.92. The molecule has 6 heteroatoms. The van der Waals surface area contributed by atoms with Crippen LogP contribution in [0.5, 0.6) is 5.75 Å². The lowest BCUT2D eigenvalue weighted by Gasteiger charge is -2.09. The first-order valence-electron chi connectivity index (χ1n) is 4.21. The fraction of sp³-hybridized carbons (Fsp3) is 0.200. The summed E-state index contributed by atoms with van der Waals surface area (Å²) in [6.07, 6.45) is -4.99. The Labute approximate surface area is 88.8 Å². The number of esters is 1. The van der Waals surface area contributed by atoms with E-state index in [1.165, 1.54) is 12.1 Å². The van der Waals surface area contributed by atoms with Crippen molar-refractivity contribution in [2.45, 2.75) is 13.1 Å². The number of hydrogen-bond acceptors (Lipinski definition) is 3. The number of halogens is 3. The van der Waals surface area contributed by atoms with E-state index in [4.69, 9.17) is 0 Å². The van der Waals surface area contributed by atoms with Gasteiger partial charge in [-0.05, 0) is 12.1 Å². The molecule has 0 spiro atoms. The van der Waals surface area contributed by atoms with Gasteiger partial charge in [0.05, 0.1) is 5.56 Å². The van der Waals surface area contributed by atoms with Crippen molar-refractivity contribution in [3.8, 4) is 5.75 Å². The minimum atomic E-state index is -4.99. The quantitative estimate of drug-likeness (QED) is 0.446. The van der Waals surface area contributed by atoms with Gasteiger partial charge in [-0.2, -0.15) is 13.2 Å². The van der Waals surface area contributed by atoms with Gasteiger partial charge in [0.2, 0.25) is 0 Å². The molecule has 1 aromatic rings. The predicted octanol–water partition coefficient (Wildman–Crippen LogP) is 2.36. The van der Waals surface area contributed by atoms with E-state index in [-0.39, 0.29) is 0 Å². The molecule has 0 radical (unpaired) electrons. The van der Waals surface area contributed by atoms with Crippen LogP contribution >= 0.6 is 0 Å². The van der Waals surface area contributed by atoms with Gasteiger partial charge in [-0.25, -0.2) is 0 Å². The van der Waals surface area contributed by atoms with Crippen LogP contribution < -0.4 is 4.74 Å². The molecule has 0 unspecified atom stereocenters. The lowest BCUT2D eigenvalue weighted by atomic mass is 10.1. The maximum atomic E-state index is 12.2. The fourth-order valence-electron chi connectivity index (χ4n) is 1.05. The predicted molar refractivity (Wildman–Crippen MR) is 48.1 cm³/mol. The summed E-state index contributed by atoms with van der Waals surface area (Å²) in [7, 11) is 0. The Bertz CT molecular complexity index is 424. The van der Waals surface area contributed by atoms with E-state index in [2.05, 4.69) is 4.74 Å². The Balaban J connectivity index is 3.13. The molecule has 16 heavy (non-hydrogen) atoms. The zero-order valence-electron chi connectivity index (χ0n) is 8.17. The molecule has 0 N–H and O–H groups in total. The molecule has 0 aliphatic rings.